The molecular weight excluding hydrogens is 376 g/mol. The molecule has 0 atom stereocenters. The molecule has 0 aromatic heterocycles. The second-order valence-electron chi connectivity index (χ2n) is 5.32. The van der Waals surface area contributed by atoms with Crippen LogP contribution < -0.4 is 4.18 Å². The van der Waals surface area contributed by atoms with Gasteiger partial charge in [0.05, 0.1) is 9.79 Å². The van der Waals surface area contributed by atoms with E-state index in [1.54, 1.807) is 18.2 Å². The number of benzene rings is 3. The topological polar surface area (TPSA) is 97.7 Å². The number of hydrogen-bond acceptors (Lipinski definition) is 6. The zero-order chi connectivity index (χ0) is 18.8. The molecule has 0 heterocycles. The maximum Gasteiger partial charge on any atom is 0.339 e. The average Bonchev–Trinajstić information content (AvgIpc) is 2.63. The fourth-order valence-electron chi connectivity index (χ4n) is 2.20. The molecule has 6 nitrogen and oxygen atoms in total. The van der Waals surface area contributed by atoms with Crippen LogP contribution in [0.15, 0.2) is 93.5 Å². The van der Waals surface area contributed by atoms with Crippen LogP contribution in [0.2, 0.25) is 0 Å². The van der Waals surface area contributed by atoms with Crippen LogP contribution in [0.5, 0.6) is 11.5 Å². The van der Waals surface area contributed by atoms with E-state index in [-0.39, 0.29) is 26.2 Å². The molecule has 3 rings (SSSR count). The normalized spacial score (nSPS) is 11.8. The Balaban J connectivity index is 1.86. The molecule has 0 aliphatic carbocycles. The van der Waals surface area contributed by atoms with Gasteiger partial charge in [0.2, 0.25) is 9.84 Å². The van der Waals surface area contributed by atoms with Gasteiger partial charge in [0.15, 0.2) is 0 Å². The molecule has 3 aromatic carbocycles. The Morgan fingerprint density at radius 1 is 0.615 bits per heavy atom. The molecule has 3 aromatic rings. The van der Waals surface area contributed by atoms with E-state index in [1.165, 1.54) is 60.7 Å². The molecule has 0 fully saturated rings. The highest BCUT2D eigenvalue weighted by molar-refractivity contribution is 7.91. The van der Waals surface area contributed by atoms with E-state index < -0.39 is 20.0 Å². The minimum atomic E-state index is -4.00. The van der Waals surface area contributed by atoms with E-state index in [0.29, 0.717) is 0 Å². The molecule has 8 heteroatoms. The summed E-state index contributed by atoms with van der Waals surface area (Å²) in [5.41, 5.74) is 0. The van der Waals surface area contributed by atoms with Gasteiger partial charge in [0.1, 0.15) is 16.4 Å². The summed E-state index contributed by atoms with van der Waals surface area (Å²) < 4.78 is 54.4. The quantitative estimate of drug-likeness (QED) is 0.673. The maximum absolute atomic E-state index is 12.5. The predicted octanol–water partition coefficient (Wildman–Crippen LogP) is 2.99. The van der Waals surface area contributed by atoms with Gasteiger partial charge in [-0.05, 0) is 60.7 Å². The lowest BCUT2D eigenvalue weighted by Crippen LogP contribution is -2.09. The Hall–Kier alpha value is -2.84. The molecule has 0 amide bonds. The van der Waals surface area contributed by atoms with Gasteiger partial charge in [-0.15, -0.1) is 0 Å². The third-order valence-corrected chi connectivity index (χ3v) is 6.57. The molecule has 26 heavy (non-hydrogen) atoms. The summed E-state index contributed by atoms with van der Waals surface area (Å²) >= 11 is 0. The Bertz CT molecular complexity index is 1100. The summed E-state index contributed by atoms with van der Waals surface area (Å²) in [6.07, 6.45) is 0. The zero-order valence-corrected chi connectivity index (χ0v) is 14.9. The average molecular weight is 390 g/mol. The number of phenolic OH excluding ortho intramolecular Hbond substituents is 1. The van der Waals surface area contributed by atoms with Gasteiger partial charge in [0.25, 0.3) is 0 Å². The number of phenols is 1. The van der Waals surface area contributed by atoms with Gasteiger partial charge < -0.3 is 9.29 Å². The van der Waals surface area contributed by atoms with Crippen molar-refractivity contribution < 1.29 is 26.1 Å². The highest BCUT2D eigenvalue weighted by Crippen LogP contribution is 2.25. The Kier molecular flexibility index (Phi) is 4.71. The van der Waals surface area contributed by atoms with Crippen LogP contribution in [0.25, 0.3) is 0 Å². The SMILES string of the molecule is O=S(=O)(Oc1ccc(S(=O)(=O)c2ccc(O)cc2)cc1)c1ccccc1. The molecule has 0 bridgehead atoms. The largest absolute Gasteiger partial charge is 0.508 e. The van der Waals surface area contributed by atoms with Crippen LogP contribution in [0, 0.1) is 0 Å². The summed E-state index contributed by atoms with van der Waals surface area (Å²) in [7, 11) is -7.78. The van der Waals surface area contributed by atoms with Crippen LogP contribution in [0.3, 0.4) is 0 Å². The first kappa shape index (κ1) is 18.0. The molecular formula is C18H14O6S2. The first-order valence-corrected chi connectivity index (χ1v) is 10.3. The number of rotatable bonds is 5. The van der Waals surface area contributed by atoms with Crippen LogP contribution in [0.1, 0.15) is 0 Å². The zero-order valence-electron chi connectivity index (χ0n) is 13.3. The Labute approximate surface area is 151 Å². The van der Waals surface area contributed by atoms with Crippen molar-refractivity contribution in [2.45, 2.75) is 14.7 Å². The van der Waals surface area contributed by atoms with E-state index in [1.807, 2.05) is 0 Å². The number of aromatic hydroxyl groups is 1. The standard InChI is InChI=1S/C18H14O6S2/c19-14-6-10-16(11-7-14)25(20,21)17-12-8-15(9-13-17)24-26(22,23)18-4-2-1-3-5-18/h1-13,19H. The van der Waals surface area contributed by atoms with Crippen LogP contribution in [0.4, 0.5) is 0 Å². The third kappa shape index (κ3) is 3.71. The molecule has 0 spiro atoms. The molecule has 0 radical (unpaired) electrons. The van der Waals surface area contributed by atoms with E-state index in [4.69, 9.17) is 4.18 Å². The summed E-state index contributed by atoms with van der Waals surface area (Å²) in [6.45, 7) is 0. The van der Waals surface area contributed by atoms with Crippen molar-refractivity contribution in [1.29, 1.82) is 0 Å². The van der Waals surface area contributed by atoms with Gasteiger partial charge in [-0.3, -0.25) is 0 Å². The summed E-state index contributed by atoms with van der Waals surface area (Å²) in [5.74, 6) is -0.0441. The van der Waals surface area contributed by atoms with Crippen LogP contribution in [-0.2, 0) is 20.0 Å². The van der Waals surface area contributed by atoms with Gasteiger partial charge >= 0.3 is 10.1 Å². The minimum Gasteiger partial charge on any atom is -0.508 e. The Morgan fingerprint density at radius 3 is 1.65 bits per heavy atom. The smallest absolute Gasteiger partial charge is 0.339 e. The van der Waals surface area contributed by atoms with Crippen LogP contribution >= 0.6 is 0 Å². The van der Waals surface area contributed by atoms with E-state index in [2.05, 4.69) is 0 Å². The molecule has 1 N–H and O–H groups in total. The molecule has 134 valence electrons. The van der Waals surface area contributed by atoms with Crippen molar-refractivity contribution in [3.05, 3.63) is 78.9 Å². The molecule has 0 unspecified atom stereocenters. The summed E-state index contributed by atoms with van der Waals surface area (Å²) in [4.78, 5) is -0.00526. The van der Waals surface area contributed by atoms with Crippen molar-refractivity contribution in [2.24, 2.45) is 0 Å². The van der Waals surface area contributed by atoms with Crippen molar-refractivity contribution in [3.8, 4) is 11.5 Å². The van der Waals surface area contributed by atoms with Gasteiger partial charge in [0, 0.05) is 0 Å². The van der Waals surface area contributed by atoms with Crippen molar-refractivity contribution in [1.82, 2.24) is 0 Å². The number of hydrogen-bond donors (Lipinski definition) is 1. The fraction of sp³-hybridized carbons (Fsp3) is 0. The number of sulfone groups is 1. The predicted molar refractivity (Wildman–Crippen MR) is 94.3 cm³/mol. The summed E-state index contributed by atoms with van der Waals surface area (Å²) in [5, 5.41) is 9.26. The summed E-state index contributed by atoms with van der Waals surface area (Å²) in [6, 6.07) is 17.8. The van der Waals surface area contributed by atoms with Crippen molar-refractivity contribution >= 4 is 20.0 Å². The lowest BCUT2D eigenvalue weighted by Gasteiger charge is -2.08. The Morgan fingerprint density at radius 2 is 1.12 bits per heavy atom. The van der Waals surface area contributed by atoms with Gasteiger partial charge in [-0.25, -0.2) is 8.42 Å². The maximum atomic E-state index is 12.5. The minimum absolute atomic E-state index is 0.000733. The second-order valence-corrected chi connectivity index (χ2v) is 8.82. The van der Waals surface area contributed by atoms with Crippen molar-refractivity contribution in [2.75, 3.05) is 0 Å². The van der Waals surface area contributed by atoms with Crippen molar-refractivity contribution in [3.63, 3.8) is 0 Å². The molecule has 0 aliphatic rings. The third-order valence-electron chi connectivity index (χ3n) is 3.52. The molecule has 0 aliphatic heterocycles. The van der Waals surface area contributed by atoms with Gasteiger partial charge in [-0.2, -0.15) is 8.42 Å². The first-order valence-electron chi connectivity index (χ1n) is 7.43. The fourth-order valence-corrected chi connectivity index (χ4v) is 4.41. The van der Waals surface area contributed by atoms with E-state index in [0.717, 1.165) is 0 Å². The van der Waals surface area contributed by atoms with Gasteiger partial charge in [-0.1, -0.05) is 18.2 Å². The molecule has 0 saturated heterocycles. The second kappa shape index (κ2) is 6.81. The lowest BCUT2D eigenvalue weighted by molar-refractivity contribution is 0.474. The lowest BCUT2D eigenvalue weighted by atomic mass is 10.3. The van der Waals surface area contributed by atoms with E-state index >= 15 is 0 Å². The van der Waals surface area contributed by atoms with Crippen LogP contribution in [-0.4, -0.2) is 21.9 Å². The molecule has 0 saturated carbocycles. The first-order chi connectivity index (χ1) is 12.3. The highest BCUT2D eigenvalue weighted by atomic mass is 32.2. The highest BCUT2D eigenvalue weighted by Gasteiger charge is 2.19. The van der Waals surface area contributed by atoms with E-state index in [9.17, 15) is 21.9 Å². The monoisotopic (exact) mass is 390 g/mol.